The van der Waals surface area contributed by atoms with Crippen molar-refractivity contribution in [2.24, 2.45) is 0 Å². The molecule has 8 heteroatoms. The maximum absolute atomic E-state index is 9.10. The van der Waals surface area contributed by atoms with Gasteiger partial charge in [0.05, 0.1) is 18.7 Å². The summed E-state index contributed by atoms with van der Waals surface area (Å²) in [6.07, 6.45) is 3.12. The van der Waals surface area contributed by atoms with Crippen molar-refractivity contribution in [2.75, 3.05) is 19.1 Å². The molecule has 1 aromatic carbocycles. The number of ether oxygens (including phenoxy) is 1. The topological polar surface area (TPSA) is 93.4 Å². The van der Waals surface area contributed by atoms with Gasteiger partial charge in [-0.2, -0.15) is 0 Å². The van der Waals surface area contributed by atoms with E-state index in [1.807, 2.05) is 24.3 Å². The molecule has 6 nitrogen and oxygen atoms in total. The average Bonchev–Trinajstić information content (AvgIpc) is 2.45. The molecule has 0 radical (unpaired) electrons. The van der Waals surface area contributed by atoms with Gasteiger partial charge in [-0.05, 0) is 37.5 Å². The average molecular weight is 363 g/mol. The Labute approximate surface area is 140 Å². The van der Waals surface area contributed by atoms with Crippen molar-refractivity contribution in [2.45, 2.75) is 39.2 Å². The lowest BCUT2D eigenvalue weighted by atomic mass is 10.1. The zero-order valence-corrected chi connectivity index (χ0v) is 15.5. The predicted molar refractivity (Wildman–Crippen MR) is 94.3 cm³/mol. The number of rotatable bonds is 11. The van der Waals surface area contributed by atoms with E-state index in [-0.39, 0.29) is 18.7 Å². The third-order valence-corrected chi connectivity index (χ3v) is 4.63. The third kappa shape index (κ3) is 9.53. The van der Waals surface area contributed by atoms with E-state index in [2.05, 4.69) is 13.8 Å². The monoisotopic (exact) mass is 363 g/mol. The summed E-state index contributed by atoms with van der Waals surface area (Å²) in [5.41, 5.74) is 1.09. The minimum absolute atomic E-state index is 0.0605. The van der Waals surface area contributed by atoms with E-state index in [1.54, 1.807) is 4.90 Å². The molecule has 1 rings (SSSR count). The smallest absolute Gasteiger partial charge is 0.180 e. The van der Waals surface area contributed by atoms with E-state index in [9.17, 15) is 0 Å². The van der Waals surface area contributed by atoms with Gasteiger partial charge < -0.3 is 24.3 Å². The fourth-order valence-electron chi connectivity index (χ4n) is 2.26. The second-order valence-electron chi connectivity index (χ2n) is 5.53. The highest BCUT2D eigenvalue weighted by Gasteiger charge is 2.14. The highest BCUT2D eigenvalue weighted by atomic mass is 31.2. The highest BCUT2D eigenvalue weighted by molar-refractivity contribution is 7.46. The van der Waals surface area contributed by atoms with Crippen molar-refractivity contribution in [1.82, 2.24) is 4.90 Å². The standard InChI is InChI=1S/C15H27NO5P2/c1-3-4-13(2)21-15-7-5-14(6-8-15)9-10-16(11-22(17)18)12-23(19)20/h5-8,13,17-20H,3-4,9-12H2,1-2H3. The van der Waals surface area contributed by atoms with Crippen molar-refractivity contribution < 1.29 is 24.3 Å². The lowest BCUT2D eigenvalue weighted by Gasteiger charge is -2.22. The summed E-state index contributed by atoms with van der Waals surface area (Å²) in [4.78, 5) is 38.1. The number of hydrogen-bond donors (Lipinski definition) is 4. The summed E-state index contributed by atoms with van der Waals surface area (Å²) in [6, 6.07) is 7.82. The van der Waals surface area contributed by atoms with Crippen LogP contribution in [0.5, 0.6) is 5.75 Å². The molecule has 0 aromatic heterocycles. The lowest BCUT2D eigenvalue weighted by Crippen LogP contribution is -2.26. The van der Waals surface area contributed by atoms with Crippen molar-refractivity contribution in [3.05, 3.63) is 29.8 Å². The molecule has 1 aromatic rings. The molecule has 0 bridgehead atoms. The van der Waals surface area contributed by atoms with Gasteiger partial charge in [0, 0.05) is 6.54 Å². The van der Waals surface area contributed by atoms with Gasteiger partial charge in [-0.3, -0.25) is 4.90 Å². The fourth-order valence-corrected chi connectivity index (χ4v) is 3.62. The molecule has 0 heterocycles. The predicted octanol–water partition coefficient (Wildman–Crippen LogP) is 2.61. The second kappa shape index (κ2) is 11.3. The molecule has 0 spiro atoms. The molecule has 0 saturated heterocycles. The molecule has 1 atom stereocenters. The van der Waals surface area contributed by atoms with Gasteiger partial charge in [0.2, 0.25) is 0 Å². The Kier molecular flexibility index (Phi) is 10.2. The van der Waals surface area contributed by atoms with E-state index in [4.69, 9.17) is 24.3 Å². The van der Waals surface area contributed by atoms with E-state index < -0.39 is 16.8 Å². The SMILES string of the molecule is CCCC(C)Oc1ccc(CCN(CP(O)O)CP(O)O)cc1. The Hall–Kier alpha value is -0.320. The summed E-state index contributed by atoms with van der Waals surface area (Å²) < 4.78 is 5.80. The van der Waals surface area contributed by atoms with Gasteiger partial charge in [-0.1, -0.05) is 25.5 Å². The first-order valence-corrected chi connectivity index (χ1v) is 10.6. The van der Waals surface area contributed by atoms with Gasteiger partial charge in [0.15, 0.2) is 16.8 Å². The van der Waals surface area contributed by atoms with Crippen LogP contribution in [0.3, 0.4) is 0 Å². The summed E-state index contributed by atoms with van der Waals surface area (Å²) >= 11 is 0. The van der Waals surface area contributed by atoms with E-state index in [1.165, 1.54) is 0 Å². The summed E-state index contributed by atoms with van der Waals surface area (Å²) in [7, 11) is -4.15. The van der Waals surface area contributed by atoms with Crippen LogP contribution >= 0.6 is 16.8 Å². The number of hydrogen-bond acceptors (Lipinski definition) is 6. The van der Waals surface area contributed by atoms with Crippen LogP contribution in [0.15, 0.2) is 24.3 Å². The van der Waals surface area contributed by atoms with Crippen LogP contribution in [0.25, 0.3) is 0 Å². The summed E-state index contributed by atoms with van der Waals surface area (Å²) in [5, 5.41) is 0. The molecule has 0 aliphatic carbocycles. The molecule has 0 aliphatic heterocycles. The Bertz CT molecular complexity index is 420. The first-order chi connectivity index (χ1) is 10.9. The van der Waals surface area contributed by atoms with Crippen molar-refractivity contribution >= 4 is 16.8 Å². The molecule has 23 heavy (non-hydrogen) atoms. The van der Waals surface area contributed by atoms with Crippen molar-refractivity contribution in [3.63, 3.8) is 0 Å². The molecule has 0 aliphatic rings. The van der Waals surface area contributed by atoms with Crippen LogP contribution in [-0.4, -0.2) is 49.7 Å². The minimum Gasteiger partial charge on any atom is -0.491 e. The van der Waals surface area contributed by atoms with Gasteiger partial charge in [0.1, 0.15) is 5.75 Å². The van der Waals surface area contributed by atoms with E-state index in [0.29, 0.717) is 13.0 Å². The minimum atomic E-state index is -2.08. The second-order valence-corrected chi connectivity index (χ2v) is 7.59. The summed E-state index contributed by atoms with van der Waals surface area (Å²) in [5.74, 6) is 0.843. The maximum Gasteiger partial charge on any atom is 0.180 e. The first-order valence-electron chi connectivity index (χ1n) is 7.69. The van der Waals surface area contributed by atoms with Crippen LogP contribution in [0.2, 0.25) is 0 Å². The number of benzene rings is 1. The van der Waals surface area contributed by atoms with Crippen LogP contribution in [0, 0.1) is 0 Å². The molecule has 0 amide bonds. The zero-order valence-electron chi connectivity index (χ0n) is 13.7. The third-order valence-electron chi connectivity index (χ3n) is 3.33. The molecule has 1 unspecified atom stereocenters. The molecular weight excluding hydrogens is 336 g/mol. The van der Waals surface area contributed by atoms with Crippen LogP contribution in [0.1, 0.15) is 32.3 Å². The Morgan fingerprint density at radius 3 is 2.09 bits per heavy atom. The van der Waals surface area contributed by atoms with Gasteiger partial charge in [-0.25, -0.2) is 0 Å². The normalized spacial score (nSPS) is 13.1. The Morgan fingerprint density at radius 2 is 1.61 bits per heavy atom. The quantitative estimate of drug-likeness (QED) is 0.452. The fraction of sp³-hybridized carbons (Fsp3) is 0.600. The van der Waals surface area contributed by atoms with Crippen LogP contribution in [-0.2, 0) is 6.42 Å². The molecule has 4 N–H and O–H groups in total. The van der Waals surface area contributed by atoms with E-state index >= 15 is 0 Å². The van der Waals surface area contributed by atoms with E-state index in [0.717, 1.165) is 24.2 Å². The first kappa shape index (κ1) is 20.7. The summed E-state index contributed by atoms with van der Waals surface area (Å²) in [6.45, 7) is 4.72. The van der Waals surface area contributed by atoms with Gasteiger partial charge in [-0.15, -0.1) is 0 Å². The van der Waals surface area contributed by atoms with Crippen LogP contribution < -0.4 is 4.74 Å². The Morgan fingerprint density at radius 1 is 1.04 bits per heavy atom. The Balaban J connectivity index is 2.49. The molecular formula is C15H27NO5P2. The van der Waals surface area contributed by atoms with Gasteiger partial charge in [0.25, 0.3) is 0 Å². The largest absolute Gasteiger partial charge is 0.491 e. The van der Waals surface area contributed by atoms with Gasteiger partial charge >= 0.3 is 0 Å². The lowest BCUT2D eigenvalue weighted by molar-refractivity contribution is 0.210. The molecule has 132 valence electrons. The highest BCUT2D eigenvalue weighted by Crippen LogP contribution is 2.30. The molecule has 0 saturated carbocycles. The zero-order chi connectivity index (χ0) is 17.2. The van der Waals surface area contributed by atoms with Crippen LogP contribution in [0.4, 0.5) is 0 Å². The van der Waals surface area contributed by atoms with Crippen molar-refractivity contribution in [3.8, 4) is 5.75 Å². The van der Waals surface area contributed by atoms with Crippen molar-refractivity contribution in [1.29, 1.82) is 0 Å². The number of nitrogens with zero attached hydrogens (tertiary/aromatic N) is 1. The molecule has 0 fully saturated rings. The maximum atomic E-state index is 9.10.